The smallest absolute Gasteiger partial charge is 0.243 e. The third-order valence-corrected chi connectivity index (χ3v) is 4.75. The lowest BCUT2D eigenvalue weighted by Crippen LogP contribution is -2.31. The van der Waals surface area contributed by atoms with E-state index in [0.717, 1.165) is 32.8 Å². The molecular formula is C18H20N4OS. The zero-order valence-electron chi connectivity index (χ0n) is 14.3. The number of carbonyl (C=O) groups excluding carboxylic acids is 1. The summed E-state index contributed by atoms with van der Waals surface area (Å²) >= 11 is 1.57. The van der Waals surface area contributed by atoms with Crippen LogP contribution in [-0.4, -0.2) is 29.5 Å². The quantitative estimate of drug-likeness (QED) is 0.787. The number of fused-ring (bicyclic) bond motifs is 1. The van der Waals surface area contributed by atoms with Gasteiger partial charge in [-0.25, -0.2) is 9.97 Å². The highest BCUT2D eigenvalue weighted by Gasteiger charge is 2.14. The largest absolute Gasteiger partial charge is 0.350 e. The monoisotopic (exact) mass is 340 g/mol. The van der Waals surface area contributed by atoms with Crippen molar-refractivity contribution in [2.45, 2.75) is 20.8 Å². The summed E-state index contributed by atoms with van der Waals surface area (Å²) in [6.07, 6.45) is 1.54. The van der Waals surface area contributed by atoms with Crippen molar-refractivity contribution in [1.82, 2.24) is 9.97 Å². The average molecular weight is 340 g/mol. The third-order valence-electron chi connectivity index (χ3n) is 3.92. The number of nitrogens with zero attached hydrogens (tertiary/aromatic N) is 3. The first kappa shape index (κ1) is 16.4. The molecule has 3 aromatic rings. The van der Waals surface area contributed by atoms with Crippen LogP contribution in [0.15, 0.2) is 29.9 Å². The van der Waals surface area contributed by atoms with Crippen molar-refractivity contribution in [3.8, 4) is 0 Å². The summed E-state index contributed by atoms with van der Waals surface area (Å²) in [7, 11) is 1.87. The molecule has 0 fully saturated rings. The van der Waals surface area contributed by atoms with E-state index >= 15 is 0 Å². The first-order valence-corrected chi connectivity index (χ1v) is 8.60. The zero-order valence-corrected chi connectivity index (χ0v) is 15.1. The van der Waals surface area contributed by atoms with E-state index in [-0.39, 0.29) is 12.5 Å². The Labute approximate surface area is 145 Å². The van der Waals surface area contributed by atoms with E-state index in [2.05, 4.69) is 34.3 Å². The van der Waals surface area contributed by atoms with Gasteiger partial charge in [0.2, 0.25) is 5.91 Å². The van der Waals surface area contributed by atoms with Crippen LogP contribution in [0.4, 0.5) is 11.5 Å². The average Bonchev–Trinajstić information content (AvgIpc) is 2.99. The van der Waals surface area contributed by atoms with E-state index < -0.39 is 0 Å². The number of anilines is 2. The second-order valence-electron chi connectivity index (χ2n) is 6.01. The van der Waals surface area contributed by atoms with E-state index in [0.29, 0.717) is 0 Å². The predicted octanol–water partition coefficient (Wildman–Crippen LogP) is 3.69. The highest BCUT2D eigenvalue weighted by molar-refractivity contribution is 7.16. The van der Waals surface area contributed by atoms with E-state index in [4.69, 9.17) is 0 Å². The highest BCUT2D eigenvalue weighted by atomic mass is 32.1. The molecule has 0 aliphatic rings. The Morgan fingerprint density at radius 2 is 1.92 bits per heavy atom. The molecule has 0 atom stereocenters. The molecule has 1 aromatic carbocycles. The summed E-state index contributed by atoms with van der Waals surface area (Å²) in [6.45, 7) is 6.31. The zero-order chi connectivity index (χ0) is 17.3. The minimum absolute atomic E-state index is 0.0606. The van der Waals surface area contributed by atoms with Crippen LogP contribution in [0.1, 0.15) is 16.7 Å². The number of hydrogen-bond acceptors (Lipinski definition) is 5. The summed E-state index contributed by atoms with van der Waals surface area (Å²) in [5, 5.41) is 5.98. The van der Waals surface area contributed by atoms with Crippen molar-refractivity contribution in [2.24, 2.45) is 0 Å². The van der Waals surface area contributed by atoms with Gasteiger partial charge in [-0.2, -0.15) is 0 Å². The Balaban J connectivity index is 1.77. The Morgan fingerprint density at radius 1 is 1.21 bits per heavy atom. The second-order valence-corrected chi connectivity index (χ2v) is 6.91. The molecule has 0 aliphatic carbocycles. The summed E-state index contributed by atoms with van der Waals surface area (Å²) in [6, 6.07) is 6.13. The van der Waals surface area contributed by atoms with E-state index in [1.807, 2.05) is 37.2 Å². The number of carbonyl (C=O) groups is 1. The molecule has 0 radical (unpaired) electrons. The Morgan fingerprint density at radius 3 is 2.62 bits per heavy atom. The van der Waals surface area contributed by atoms with Gasteiger partial charge >= 0.3 is 0 Å². The standard InChI is InChI=1S/C18H20N4OS/c1-11-7-12(2)16(13(3)8-11)21-15(23)9-22(4)17-14-5-6-24-18(14)20-10-19-17/h5-8,10H,9H2,1-4H3,(H,21,23). The summed E-state index contributed by atoms with van der Waals surface area (Å²) in [5.74, 6) is 0.711. The lowest BCUT2D eigenvalue weighted by atomic mass is 10.1. The fraction of sp³-hybridized carbons (Fsp3) is 0.278. The normalized spacial score (nSPS) is 10.8. The number of benzene rings is 1. The van der Waals surface area contributed by atoms with Crippen LogP contribution in [0.5, 0.6) is 0 Å². The molecule has 0 saturated carbocycles. The first-order valence-electron chi connectivity index (χ1n) is 7.72. The van der Waals surface area contributed by atoms with Gasteiger partial charge in [0.15, 0.2) is 0 Å². The second kappa shape index (κ2) is 6.57. The fourth-order valence-corrected chi connectivity index (χ4v) is 3.65. The van der Waals surface area contributed by atoms with E-state index in [1.54, 1.807) is 11.3 Å². The molecule has 2 aromatic heterocycles. The molecule has 124 valence electrons. The number of hydrogen-bond donors (Lipinski definition) is 1. The molecule has 0 aliphatic heterocycles. The molecule has 6 heteroatoms. The lowest BCUT2D eigenvalue weighted by molar-refractivity contribution is -0.114. The summed E-state index contributed by atoms with van der Waals surface area (Å²) in [5.41, 5.74) is 4.24. The molecule has 1 amide bonds. The molecule has 1 N–H and O–H groups in total. The van der Waals surface area contributed by atoms with Crippen molar-refractivity contribution in [3.05, 3.63) is 46.6 Å². The van der Waals surface area contributed by atoms with Gasteiger partial charge in [0.1, 0.15) is 17.0 Å². The molecule has 0 spiro atoms. The number of likely N-dealkylation sites (N-methyl/N-ethyl adjacent to an activating group) is 1. The predicted molar refractivity (Wildman–Crippen MR) is 100.0 cm³/mol. The summed E-state index contributed by atoms with van der Waals surface area (Å²) in [4.78, 5) is 23.8. The van der Waals surface area contributed by atoms with Crippen molar-refractivity contribution in [2.75, 3.05) is 23.8 Å². The maximum absolute atomic E-state index is 12.5. The Bertz CT molecular complexity index is 880. The molecule has 5 nitrogen and oxygen atoms in total. The molecular weight excluding hydrogens is 320 g/mol. The van der Waals surface area contributed by atoms with Gasteiger partial charge < -0.3 is 10.2 Å². The topological polar surface area (TPSA) is 58.1 Å². The molecule has 0 saturated heterocycles. The summed E-state index contributed by atoms with van der Waals surface area (Å²) < 4.78 is 0. The van der Waals surface area contributed by atoms with Crippen molar-refractivity contribution in [1.29, 1.82) is 0 Å². The maximum atomic E-state index is 12.5. The molecule has 3 rings (SSSR count). The van der Waals surface area contributed by atoms with E-state index in [1.165, 1.54) is 11.9 Å². The van der Waals surface area contributed by atoms with Crippen LogP contribution in [-0.2, 0) is 4.79 Å². The van der Waals surface area contributed by atoms with Gasteiger partial charge in [-0.05, 0) is 43.3 Å². The van der Waals surface area contributed by atoms with Crippen molar-refractivity contribution < 1.29 is 4.79 Å². The number of thiophene rings is 1. The maximum Gasteiger partial charge on any atom is 0.243 e. The molecule has 0 bridgehead atoms. The van der Waals surface area contributed by atoms with Gasteiger partial charge in [-0.1, -0.05) is 17.7 Å². The van der Waals surface area contributed by atoms with Crippen LogP contribution in [0.2, 0.25) is 0 Å². The van der Waals surface area contributed by atoms with Crippen LogP contribution in [0.25, 0.3) is 10.2 Å². The lowest BCUT2D eigenvalue weighted by Gasteiger charge is -2.19. The van der Waals surface area contributed by atoms with Crippen molar-refractivity contribution >= 4 is 39.0 Å². The fourth-order valence-electron chi connectivity index (χ4n) is 2.93. The number of nitrogens with one attached hydrogen (secondary N) is 1. The molecule has 24 heavy (non-hydrogen) atoms. The Hall–Kier alpha value is -2.47. The third kappa shape index (κ3) is 3.23. The number of amides is 1. The van der Waals surface area contributed by atoms with Gasteiger partial charge in [-0.3, -0.25) is 4.79 Å². The first-order chi connectivity index (χ1) is 11.5. The highest BCUT2D eigenvalue weighted by Crippen LogP contribution is 2.26. The van der Waals surface area contributed by atoms with Gasteiger partial charge in [0, 0.05) is 12.7 Å². The number of aromatic nitrogens is 2. The minimum atomic E-state index is -0.0606. The van der Waals surface area contributed by atoms with Crippen molar-refractivity contribution in [3.63, 3.8) is 0 Å². The van der Waals surface area contributed by atoms with Gasteiger partial charge in [0.25, 0.3) is 0 Å². The SMILES string of the molecule is Cc1cc(C)c(NC(=O)CN(C)c2ncnc3sccc23)c(C)c1. The van der Waals surface area contributed by atoms with Gasteiger partial charge in [0.05, 0.1) is 11.9 Å². The minimum Gasteiger partial charge on any atom is -0.350 e. The Kier molecular flexibility index (Phi) is 4.49. The van der Waals surface area contributed by atoms with Crippen LogP contribution in [0.3, 0.4) is 0 Å². The number of aryl methyl sites for hydroxylation is 3. The van der Waals surface area contributed by atoms with Crippen LogP contribution in [0, 0.1) is 20.8 Å². The number of rotatable bonds is 4. The van der Waals surface area contributed by atoms with Crippen LogP contribution >= 0.6 is 11.3 Å². The molecule has 2 heterocycles. The van der Waals surface area contributed by atoms with Gasteiger partial charge in [-0.15, -0.1) is 11.3 Å². The van der Waals surface area contributed by atoms with Crippen LogP contribution < -0.4 is 10.2 Å². The van der Waals surface area contributed by atoms with E-state index in [9.17, 15) is 4.79 Å². The molecule has 0 unspecified atom stereocenters.